The zero-order valence-corrected chi connectivity index (χ0v) is 12.7. The number of nitrogens with one attached hydrogen (secondary N) is 2. The van der Waals surface area contributed by atoms with Gasteiger partial charge in [0.2, 0.25) is 5.91 Å². The van der Waals surface area contributed by atoms with Crippen molar-refractivity contribution in [2.45, 2.75) is 26.2 Å². The van der Waals surface area contributed by atoms with Crippen LogP contribution in [0, 0.1) is 5.92 Å². The molecular weight excluding hydrogens is 292 g/mol. The molecule has 2 amide bonds. The van der Waals surface area contributed by atoms with Crippen LogP contribution in [0.3, 0.4) is 0 Å². The fourth-order valence-corrected chi connectivity index (χ4v) is 2.27. The Morgan fingerprint density at radius 1 is 1.29 bits per heavy atom. The van der Waals surface area contributed by atoms with Crippen LogP contribution in [0.1, 0.15) is 36.5 Å². The van der Waals surface area contributed by atoms with Crippen molar-refractivity contribution in [1.29, 1.82) is 0 Å². The van der Waals surface area contributed by atoms with Crippen LogP contribution in [0.4, 0.5) is 0 Å². The number of rotatable bonds is 9. The van der Waals surface area contributed by atoms with Crippen molar-refractivity contribution in [3.63, 3.8) is 0 Å². The predicted octanol–water partition coefficient (Wildman–Crippen LogP) is 1.49. The average molecular weight is 312 g/mol. The quantitative estimate of drug-likeness (QED) is 0.643. The normalized spacial score (nSPS) is 11.7. The highest BCUT2D eigenvalue weighted by atomic mass is 32.1. The molecule has 0 spiro atoms. The second kappa shape index (κ2) is 9.12. The van der Waals surface area contributed by atoms with Gasteiger partial charge in [0, 0.05) is 36.9 Å². The Kier molecular flexibility index (Phi) is 7.45. The Bertz CT molecular complexity index is 473. The van der Waals surface area contributed by atoms with E-state index in [1.807, 2.05) is 12.3 Å². The van der Waals surface area contributed by atoms with Crippen LogP contribution < -0.4 is 10.6 Å². The molecule has 0 aliphatic rings. The molecule has 0 saturated heterocycles. The van der Waals surface area contributed by atoms with Gasteiger partial charge >= 0.3 is 5.97 Å². The van der Waals surface area contributed by atoms with E-state index in [2.05, 4.69) is 10.6 Å². The van der Waals surface area contributed by atoms with E-state index < -0.39 is 5.97 Å². The summed E-state index contributed by atoms with van der Waals surface area (Å²) in [4.78, 5) is 33.6. The van der Waals surface area contributed by atoms with E-state index in [1.54, 1.807) is 11.4 Å². The Morgan fingerprint density at radius 3 is 2.67 bits per heavy atom. The SMILES string of the molecule is CC(CCC(=O)O)CNC(=O)CCNC(=O)c1ccsc1. The van der Waals surface area contributed by atoms with E-state index in [-0.39, 0.29) is 37.1 Å². The molecule has 0 fully saturated rings. The molecule has 3 N–H and O–H groups in total. The first-order chi connectivity index (χ1) is 9.99. The number of aliphatic carboxylic acids is 1. The summed E-state index contributed by atoms with van der Waals surface area (Å²) in [6.07, 6.45) is 0.847. The maximum absolute atomic E-state index is 11.6. The van der Waals surface area contributed by atoms with E-state index >= 15 is 0 Å². The zero-order valence-electron chi connectivity index (χ0n) is 11.9. The first kappa shape index (κ1) is 17.2. The summed E-state index contributed by atoms with van der Waals surface area (Å²) >= 11 is 1.44. The van der Waals surface area contributed by atoms with Gasteiger partial charge in [-0.2, -0.15) is 11.3 Å². The fourth-order valence-electron chi connectivity index (χ4n) is 1.63. The molecule has 21 heavy (non-hydrogen) atoms. The van der Waals surface area contributed by atoms with Crippen LogP contribution in [-0.2, 0) is 9.59 Å². The second-order valence-corrected chi connectivity index (χ2v) is 5.64. The molecule has 1 aromatic heterocycles. The summed E-state index contributed by atoms with van der Waals surface area (Å²) in [5.41, 5.74) is 0.600. The standard InChI is InChI=1S/C14H20N2O4S/c1-10(2-3-13(18)19)8-16-12(17)4-6-15-14(20)11-5-7-21-9-11/h5,7,9-10H,2-4,6,8H2,1H3,(H,15,20)(H,16,17)(H,18,19). The zero-order chi connectivity index (χ0) is 15.7. The van der Waals surface area contributed by atoms with Gasteiger partial charge in [0.05, 0.1) is 0 Å². The minimum atomic E-state index is -0.829. The van der Waals surface area contributed by atoms with Crippen molar-refractivity contribution in [2.75, 3.05) is 13.1 Å². The van der Waals surface area contributed by atoms with E-state index in [0.717, 1.165) is 0 Å². The van der Waals surface area contributed by atoms with Gasteiger partial charge in [-0.25, -0.2) is 0 Å². The highest BCUT2D eigenvalue weighted by molar-refractivity contribution is 7.08. The Labute approximate surface area is 127 Å². The number of carboxylic acids is 1. The third-order valence-electron chi connectivity index (χ3n) is 2.92. The summed E-state index contributed by atoms with van der Waals surface area (Å²) in [6, 6.07) is 1.73. The molecule has 7 heteroatoms. The predicted molar refractivity (Wildman–Crippen MR) is 80.3 cm³/mol. The highest BCUT2D eigenvalue weighted by Crippen LogP contribution is 2.05. The molecule has 1 aromatic rings. The number of thiophene rings is 1. The van der Waals surface area contributed by atoms with E-state index in [0.29, 0.717) is 18.5 Å². The number of carboxylic acid groups (broad SMARTS) is 1. The molecular formula is C14H20N2O4S. The molecule has 1 heterocycles. The molecule has 6 nitrogen and oxygen atoms in total. The van der Waals surface area contributed by atoms with E-state index in [1.165, 1.54) is 11.3 Å². The van der Waals surface area contributed by atoms with Crippen LogP contribution in [0.25, 0.3) is 0 Å². The van der Waals surface area contributed by atoms with Crippen LogP contribution in [0.15, 0.2) is 16.8 Å². The topological polar surface area (TPSA) is 95.5 Å². The van der Waals surface area contributed by atoms with Crippen molar-refractivity contribution in [3.8, 4) is 0 Å². The molecule has 0 aliphatic heterocycles. The highest BCUT2D eigenvalue weighted by Gasteiger charge is 2.09. The molecule has 116 valence electrons. The summed E-state index contributed by atoms with van der Waals surface area (Å²) in [6.45, 7) is 2.62. The van der Waals surface area contributed by atoms with Crippen molar-refractivity contribution in [2.24, 2.45) is 5.92 Å². The number of carbonyl (C=O) groups is 3. The summed E-state index contributed by atoms with van der Waals surface area (Å²) in [7, 11) is 0. The third-order valence-corrected chi connectivity index (χ3v) is 3.60. The van der Waals surface area contributed by atoms with Crippen LogP contribution in [0.5, 0.6) is 0 Å². The molecule has 0 saturated carbocycles. The van der Waals surface area contributed by atoms with Crippen molar-refractivity contribution in [1.82, 2.24) is 10.6 Å². The summed E-state index contributed by atoms with van der Waals surface area (Å²) in [5, 5.41) is 17.5. The van der Waals surface area contributed by atoms with Gasteiger partial charge in [-0.15, -0.1) is 0 Å². The Balaban J connectivity index is 2.11. The lowest BCUT2D eigenvalue weighted by Gasteiger charge is -2.11. The monoisotopic (exact) mass is 312 g/mol. The average Bonchev–Trinajstić information content (AvgIpc) is 2.97. The number of hydrogen-bond acceptors (Lipinski definition) is 4. The first-order valence-electron chi connectivity index (χ1n) is 6.78. The minimum Gasteiger partial charge on any atom is -0.481 e. The maximum atomic E-state index is 11.6. The fraction of sp³-hybridized carbons (Fsp3) is 0.500. The van der Waals surface area contributed by atoms with E-state index in [9.17, 15) is 14.4 Å². The van der Waals surface area contributed by atoms with Gasteiger partial charge < -0.3 is 15.7 Å². The Hall–Kier alpha value is -1.89. The van der Waals surface area contributed by atoms with Gasteiger partial charge in [0.15, 0.2) is 0 Å². The van der Waals surface area contributed by atoms with E-state index in [4.69, 9.17) is 5.11 Å². The maximum Gasteiger partial charge on any atom is 0.303 e. The largest absolute Gasteiger partial charge is 0.481 e. The lowest BCUT2D eigenvalue weighted by molar-refractivity contribution is -0.137. The van der Waals surface area contributed by atoms with Gasteiger partial charge in [-0.05, 0) is 23.8 Å². The smallest absolute Gasteiger partial charge is 0.303 e. The lowest BCUT2D eigenvalue weighted by Crippen LogP contribution is -2.32. The molecule has 1 unspecified atom stereocenters. The van der Waals surface area contributed by atoms with Crippen LogP contribution >= 0.6 is 11.3 Å². The van der Waals surface area contributed by atoms with Crippen LogP contribution in [0.2, 0.25) is 0 Å². The third kappa shape index (κ3) is 7.45. The first-order valence-corrected chi connectivity index (χ1v) is 7.72. The second-order valence-electron chi connectivity index (χ2n) is 4.86. The summed E-state index contributed by atoms with van der Waals surface area (Å²) < 4.78 is 0. The van der Waals surface area contributed by atoms with Crippen molar-refractivity contribution >= 4 is 29.1 Å². The van der Waals surface area contributed by atoms with Crippen LogP contribution in [-0.4, -0.2) is 36.0 Å². The number of amides is 2. The Morgan fingerprint density at radius 2 is 2.05 bits per heavy atom. The van der Waals surface area contributed by atoms with Gasteiger partial charge in [0.1, 0.15) is 0 Å². The molecule has 1 rings (SSSR count). The molecule has 0 aromatic carbocycles. The molecule has 0 bridgehead atoms. The molecule has 0 aliphatic carbocycles. The van der Waals surface area contributed by atoms with Gasteiger partial charge in [0.25, 0.3) is 5.91 Å². The van der Waals surface area contributed by atoms with Crippen molar-refractivity contribution in [3.05, 3.63) is 22.4 Å². The van der Waals surface area contributed by atoms with Gasteiger partial charge in [-0.3, -0.25) is 14.4 Å². The van der Waals surface area contributed by atoms with Gasteiger partial charge in [-0.1, -0.05) is 6.92 Å². The lowest BCUT2D eigenvalue weighted by atomic mass is 10.1. The summed E-state index contributed by atoms with van der Waals surface area (Å²) in [5.74, 6) is -1.04. The molecule has 1 atom stereocenters. The molecule has 0 radical (unpaired) electrons. The minimum absolute atomic E-state index is 0.105. The number of hydrogen-bond donors (Lipinski definition) is 3. The number of carbonyl (C=O) groups excluding carboxylic acids is 2. The van der Waals surface area contributed by atoms with Crippen molar-refractivity contribution < 1.29 is 19.5 Å².